The molecule has 1 aliphatic rings. The Morgan fingerprint density at radius 1 is 1.36 bits per heavy atom. The molecule has 4 atom stereocenters. The zero-order valence-electron chi connectivity index (χ0n) is 13.0. The van der Waals surface area contributed by atoms with Crippen molar-refractivity contribution in [1.82, 2.24) is 0 Å². The maximum atomic E-state index is 12.4. The van der Waals surface area contributed by atoms with Crippen molar-refractivity contribution in [3.05, 3.63) is 34.4 Å². The third-order valence-electron chi connectivity index (χ3n) is 3.93. The van der Waals surface area contributed by atoms with Gasteiger partial charge in [0.25, 0.3) is 11.6 Å². The van der Waals surface area contributed by atoms with Crippen molar-refractivity contribution in [2.24, 2.45) is 0 Å². The second kappa shape index (κ2) is 6.85. The van der Waals surface area contributed by atoms with Crippen molar-refractivity contribution < 1.29 is 19.4 Å². The molecule has 1 saturated heterocycles. The number of ether oxygens (including phenoxy) is 1. The van der Waals surface area contributed by atoms with E-state index >= 15 is 0 Å². The number of anilines is 1. The van der Waals surface area contributed by atoms with Crippen LogP contribution in [0.4, 0.5) is 11.4 Å². The van der Waals surface area contributed by atoms with Crippen molar-refractivity contribution in [1.29, 1.82) is 0 Å². The van der Waals surface area contributed by atoms with Crippen LogP contribution in [0.5, 0.6) is 0 Å². The first-order chi connectivity index (χ1) is 10.4. The van der Waals surface area contributed by atoms with Crippen molar-refractivity contribution in [3.8, 4) is 0 Å². The Morgan fingerprint density at radius 2 is 1.95 bits per heavy atom. The van der Waals surface area contributed by atoms with Crippen LogP contribution in [0.25, 0.3) is 0 Å². The van der Waals surface area contributed by atoms with Crippen LogP contribution in [-0.2, 0) is 9.53 Å². The zero-order chi connectivity index (χ0) is 16.3. The molecular weight excluding hydrogens is 286 g/mol. The van der Waals surface area contributed by atoms with E-state index in [1.54, 1.807) is 18.2 Å². The highest BCUT2D eigenvalue weighted by molar-refractivity contribution is 5.95. The molecule has 7 heteroatoms. The van der Waals surface area contributed by atoms with Gasteiger partial charge in [-0.3, -0.25) is 14.9 Å². The minimum atomic E-state index is -0.494. The van der Waals surface area contributed by atoms with E-state index in [4.69, 9.17) is 4.74 Å². The molecule has 22 heavy (non-hydrogen) atoms. The molecule has 2 rings (SSSR count). The number of quaternary nitrogens is 1. The predicted molar refractivity (Wildman–Crippen MR) is 81.9 cm³/mol. The van der Waals surface area contributed by atoms with Crippen molar-refractivity contribution in [3.63, 3.8) is 0 Å². The largest absolute Gasteiger partial charge is 0.364 e. The third-order valence-corrected chi connectivity index (χ3v) is 3.93. The Balaban J connectivity index is 2.07. The summed E-state index contributed by atoms with van der Waals surface area (Å²) in [5.74, 6) is -0.217. The Kier molecular flexibility index (Phi) is 5.10. The van der Waals surface area contributed by atoms with Gasteiger partial charge in [0.1, 0.15) is 31.0 Å². The molecule has 0 spiro atoms. The molecule has 7 nitrogen and oxygen atoms in total. The highest BCUT2D eigenvalue weighted by atomic mass is 16.6. The molecule has 2 N–H and O–H groups in total. The minimum absolute atomic E-state index is 0.0956. The molecule has 1 aromatic carbocycles. The van der Waals surface area contributed by atoms with Crippen LogP contribution in [-0.4, -0.2) is 42.2 Å². The number of carbonyl (C=O) groups excluding carboxylic acids is 1. The number of nitrogens with zero attached hydrogens (tertiary/aromatic N) is 1. The van der Waals surface area contributed by atoms with Gasteiger partial charge in [0.2, 0.25) is 0 Å². The molecule has 0 bridgehead atoms. The van der Waals surface area contributed by atoms with Gasteiger partial charge >= 0.3 is 0 Å². The number of morpholine rings is 1. The van der Waals surface area contributed by atoms with Crippen molar-refractivity contribution >= 4 is 17.3 Å². The molecule has 0 aromatic heterocycles. The standard InChI is InChI=1S/C15H21N3O4/c1-10-8-17(9-11(2)22-10)12(3)15(19)16-13-6-4-5-7-14(13)18(20)21/h4-7,10-12H,8-9H2,1-3H3,(H,16,19)/p+1/t10-,11+,12-/m0/s1. The Bertz CT molecular complexity index is 553. The number of amides is 1. The molecule has 0 saturated carbocycles. The van der Waals surface area contributed by atoms with E-state index in [-0.39, 0.29) is 35.5 Å². The van der Waals surface area contributed by atoms with E-state index in [9.17, 15) is 14.9 Å². The van der Waals surface area contributed by atoms with Gasteiger partial charge in [0.15, 0.2) is 6.04 Å². The van der Waals surface area contributed by atoms with Gasteiger partial charge in [-0.05, 0) is 26.8 Å². The second-order valence-electron chi connectivity index (χ2n) is 5.81. The number of nitro groups is 1. The average molecular weight is 308 g/mol. The minimum Gasteiger partial charge on any atom is -0.364 e. The van der Waals surface area contributed by atoms with Crippen LogP contribution in [0.1, 0.15) is 20.8 Å². The van der Waals surface area contributed by atoms with Crippen LogP contribution >= 0.6 is 0 Å². The lowest BCUT2D eigenvalue weighted by atomic mass is 10.1. The van der Waals surface area contributed by atoms with E-state index < -0.39 is 4.92 Å². The Morgan fingerprint density at radius 3 is 2.55 bits per heavy atom. The number of para-hydroxylation sites is 2. The summed E-state index contributed by atoms with van der Waals surface area (Å²) < 4.78 is 5.67. The first-order valence-corrected chi connectivity index (χ1v) is 7.42. The normalized spacial score (nSPS) is 26.2. The summed E-state index contributed by atoms with van der Waals surface area (Å²) in [6.07, 6.45) is 0.195. The topological polar surface area (TPSA) is 85.9 Å². The maximum absolute atomic E-state index is 12.4. The fourth-order valence-electron chi connectivity index (χ4n) is 2.83. The lowest BCUT2D eigenvalue weighted by molar-refractivity contribution is -0.928. The predicted octanol–water partition coefficient (Wildman–Crippen LogP) is 0.614. The molecule has 0 aliphatic carbocycles. The van der Waals surface area contributed by atoms with Crippen LogP contribution in [0.3, 0.4) is 0 Å². The summed E-state index contributed by atoms with van der Waals surface area (Å²) >= 11 is 0. The monoisotopic (exact) mass is 308 g/mol. The zero-order valence-corrected chi connectivity index (χ0v) is 13.0. The Labute approximate surface area is 129 Å². The molecule has 1 aliphatic heterocycles. The molecule has 120 valence electrons. The maximum Gasteiger partial charge on any atom is 0.292 e. The molecule has 1 fully saturated rings. The van der Waals surface area contributed by atoms with Crippen LogP contribution < -0.4 is 10.2 Å². The summed E-state index contributed by atoms with van der Waals surface area (Å²) in [7, 11) is 0. The summed E-state index contributed by atoms with van der Waals surface area (Å²) in [5.41, 5.74) is 0.139. The number of nitrogens with one attached hydrogen (secondary N) is 2. The molecular formula is C15H22N3O4+. The Hall–Kier alpha value is -1.99. The second-order valence-corrected chi connectivity index (χ2v) is 5.81. The first kappa shape index (κ1) is 16.4. The van der Waals surface area contributed by atoms with Crippen molar-refractivity contribution in [2.45, 2.75) is 39.0 Å². The number of hydrogen-bond donors (Lipinski definition) is 2. The van der Waals surface area contributed by atoms with Gasteiger partial charge in [-0.15, -0.1) is 0 Å². The van der Waals surface area contributed by atoms with E-state index in [2.05, 4.69) is 5.32 Å². The van der Waals surface area contributed by atoms with Crippen LogP contribution in [0.15, 0.2) is 24.3 Å². The van der Waals surface area contributed by atoms with Gasteiger partial charge in [-0.2, -0.15) is 0 Å². The molecule has 1 unspecified atom stereocenters. The van der Waals surface area contributed by atoms with E-state index in [0.29, 0.717) is 0 Å². The van der Waals surface area contributed by atoms with Gasteiger partial charge in [-0.1, -0.05) is 12.1 Å². The van der Waals surface area contributed by atoms with Crippen LogP contribution in [0, 0.1) is 10.1 Å². The number of benzene rings is 1. The van der Waals surface area contributed by atoms with E-state index in [1.807, 2.05) is 20.8 Å². The number of hydrogen-bond acceptors (Lipinski definition) is 4. The number of carbonyl (C=O) groups is 1. The lowest BCUT2D eigenvalue weighted by Gasteiger charge is -2.35. The fourth-order valence-corrected chi connectivity index (χ4v) is 2.83. The molecule has 1 aromatic rings. The van der Waals surface area contributed by atoms with Gasteiger partial charge in [0, 0.05) is 6.07 Å². The highest BCUT2D eigenvalue weighted by Crippen LogP contribution is 2.23. The van der Waals surface area contributed by atoms with Gasteiger partial charge < -0.3 is 15.0 Å². The van der Waals surface area contributed by atoms with Gasteiger partial charge in [0.05, 0.1) is 4.92 Å². The number of rotatable bonds is 4. The SMILES string of the molecule is C[C@@H]1C[NH+]([C@@H](C)C(=O)Nc2ccccc2[N+](=O)[O-])C[C@H](C)O1. The van der Waals surface area contributed by atoms with Crippen molar-refractivity contribution in [2.75, 3.05) is 18.4 Å². The molecule has 1 amide bonds. The lowest BCUT2D eigenvalue weighted by Crippen LogP contribution is -3.19. The average Bonchev–Trinajstić information content (AvgIpc) is 2.45. The summed E-state index contributed by atoms with van der Waals surface area (Å²) in [6.45, 7) is 7.31. The molecule has 0 radical (unpaired) electrons. The summed E-state index contributed by atoms with van der Waals surface area (Å²) in [5, 5.41) is 13.7. The first-order valence-electron chi connectivity index (χ1n) is 7.42. The quantitative estimate of drug-likeness (QED) is 0.630. The highest BCUT2D eigenvalue weighted by Gasteiger charge is 2.33. The van der Waals surface area contributed by atoms with E-state index in [0.717, 1.165) is 18.0 Å². The van der Waals surface area contributed by atoms with Gasteiger partial charge in [-0.25, -0.2) is 0 Å². The summed E-state index contributed by atoms with van der Waals surface area (Å²) in [6, 6.07) is 5.87. The smallest absolute Gasteiger partial charge is 0.292 e. The molecule has 1 heterocycles. The van der Waals surface area contributed by atoms with Crippen LogP contribution in [0.2, 0.25) is 0 Å². The number of nitro benzene ring substituents is 1. The third kappa shape index (κ3) is 3.80. The van der Waals surface area contributed by atoms with E-state index in [1.165, 1.54) is 6.07 Å². The fraction of sp³-hybridized carbons (Fsp3) is 0.533. The summed E-state index contributed by atoms with van der Waals surface area (Å²) in [4.78, 5) is 24.0.